The number of likely N-dealkylation sites (N-methyl/N-ethyl adjacent to an activating group) is 1. The number of amides is 1. The summed E-state index contributed by atoms with van der Waals surface area (Å²) in [5, 5.41) is 2.63. The largest absolute Gasteiger partial charge is 0.490 e. The highest BCUT2D eigenvalue weighted by Gasteiger charge is 2.08. The molecule has 5 heteroatoms. The molecule has 0 fully saturated rings. The average molecular weight is 251 g/mol. The molecule has 0 unspecified atom stereocenters. The van der Waals surface area contributed by atoms with Gasteiger partial charge in [-0.2, -0.15) is 0 Å². The van der Waals surface area contributed by atoms with Gasteiger partial charge >= 0.3 is 0 Å². The first-order valence-electron chi connectivity index (χ1n) is 5.82. The summed E-state index contributed by atoms with van der Waals surface area (Å²) >= 11 is 0. The van der Waals surface area contributed by atoms with Crippen LogP contribution in [-0.4, -0.2) is 32.0 Å². The Balaban J connectivity index is 2.74. The van der Waals surface area contributed by atoms with Crippen LogP contribution < -0.4 is 14.8 Å². The molecule has 1 aromatic carbocycles. The first kappa shape index (κ1) is 14.0. The quantitative estimate of drug-likeness (QED) is 0.744. The van der Waals surface area contributed by atoms with Crippen LogP contribution in [0.5, 0.6) is 11.5 Å². The zero-order chi connectivity index (χ0) is 13.4. The molecule has 1 amide bonds. The first-order chi connectivity index (χ1) is 8.71. The highest BCUT2D eigenvalue weighted by molar-refractivity contribution is 5.78. The van der Waals surface area contributed by atoms with E-state index in [0.717, 1.165) is 6.29 Å². The van der Waals surface area contributed by atoms with Crippen molar-refractivity contribution in [1.82, 2.24) is 5.32 Å². The molecular formula is C13H17NO4. The van der Waals surface area contributed by atoms with Gasteiger partial charge in [0.25, 0.3) is 5.91 Å². The Hall–Kier alpha value is -2.04. The number of hydrogen-bond acceptors (Lipinski definition) is 4. The number of hydrogen-bond donors (Lipinski definition) is 1. The molecule has 0 atom stereocenters. The summed E-state index contributed by atoms with van der Waals surface area (Å²) in [7, 11) is 0. The van der Waals surface area contributed by atoms with Crippen molar-refractivity contribution >= 4 is 12.2 Å². The van der Waals surface area contributed by atoms with Crippen LogP contribution in [0.2, 0.25) is 0 Å². The minimum absolute atomic E-state index is 0.0750. The Morgan fingerprint density at radius 1 is 1.28 bits per heavy atom. The molecule has 18 heavy (non-hydrogen) atoms. The molecule has 0 aromatic heterocycles. The monoisotopic (exact) mass is 251 g/mol. The van der Waals surface area contributed by atoms with Gasteiger partial charge in [0.15, 0.2) is 18.1 Å². The molecule has 1 aromatic rings. The lowest BCUT2D eigenvalue weighted by Crippen LogP contribution is -2.28. The molecule has 1 N–H and O–H groups in total. The molecule has 0 heterocycles. The van der Waals surface area contributed by atoms with E-state index in [9.17, 15) is 9.59 Å². The maximum absolute atomic E-state index is 11.3. The minimum atomic E-state index is -0.195. The summed E-state index contributed by atoms with van der Waals surface area (Å²) < 4.78 is 10.7. The molecule has 0 aliphatic carbocycles. The number of carbonyl (C=O) groups excluding carboxylic acids is 2. The maximum Gasteiger partial charge on any atom is 0.257 e. The predicted octanol–water partition coefficient (Wildman–Crippen LogP) is 1.41. The van der Waals surface area contributed by atoms with Gasteiger partial charge in [0.2, 0.25) is 0 Å². The van der Waals surface area contributed by atoms with Crippen molar-refractivity contribution in [2.75, 3.05) is 19.8 Å². The number of nitrogens with one attached hydrogen (secondary N) is 1. The molecule has 0 aliphatic heterocycles. The Morgan fingerprint density at radius 2 is 2.06 bits per heavy atom. The second-order valence-electron chi connectivity index (χ2n) is 3.50. The number of aldehydes is 1. The summed E-state index contributed by atoms with van der Waals surface area (Å²) in [6.07, 6.45) is 0.732. The molecule has 1 rings (SSSR count). The lowest BCUT2D eigenvalue weighted by atomic mass is 10.2. The van der Waals surface area contributed by atoms with E-state index < -0.39 is 0 Å². The van der Waals surface area contributed by atoms with Gasteiger partial charge in [-0.15, -0.1) is 0 Å². The van der Waals surface area contributed by atoms with Gasteiger partial charge in [-0.1, -0.05) is 0 Å². The van der Waals surface area contributed by atoms with Crippen molar-refractivity contribution in [2.45, 2.75) is 13.8 Å². The number of rotatable bonds is 7. The first-order valence-corrected chi connectivity index (χ1v) is 5.82. The normalized spacial score (nSPS) is 9.67. The van der Waals surface area contributed by atoms with Crippen LogP contribution in [0.25, 0.3) is 0 Å². The van der Waals surface area contributed by atoms with Gasteiger partial charge in [0, 0.05) is 12.1 Å². The zero-order valence-electron chi connectivity index (χ0n) is 10.6. The van der Waals surface area contributed by atoms with Gasteiger partial charge in [-0.25, -0.2) is 0 Å². The Bertz CT molecular complexity index is 417. The molecule has 0 aliphatic rings. The van der Waals surface area contributed by atoms with Crippen LogP contribution >= 0.6 is 0 Å². The molecule has 5 nitrogen and oxygen atoms in total. The summed E-state index contributed by atoms with van der Waals surface area (Å²) in [5.41, 5.74) is 0.504. The van der Waals surface area contributed by atoms with Gasteiger partial charge < -0.3 is 14.8 Å². The van der Waals surface area contributed by atoms with Gasteiger partial charge in [0.05, 0.1) is 6.61 Å². The predicted molar refractivity (Wildman–Crippen MR) is 67.2 cm³/mol. The van der Waals surface area contributed by atoms with Crippen molar-refractivity contribution < 1.29 is 19.1 Å². The Labute approximate surface area is 106 Å². The third-order valence-corrected chi connectivity index (χ3v) is 2.14. The lowest BCUT2D eigenvalue weighted by molar-refractivity contribution is -0.123. The van der Waals surface area contributed by atoms with Gasteiger partial charge in [-0.3, -0.25) is 9.59 Å². The summed E-state index contributed by atoms with van der Waals surface area (Å²) in [6, 6.07) is 4.82. The molecule has 0 bridgehead atoms. The molecule has 0 spiro atoms. The van der Waals surface area contributed by atoms with Crippen LogP contribution in [0.15, 0.2) is 18.2 Å². The number of ether oxygens (including phenoxy) is 2. The van der Waals surface area contributed by atoms with E-state index in [0.29, 0.717) is 30.2 Å². The van der Waals surface area contributed by atoms with E-state index in [1.807, 2.05) is 13.8 Å². The molecule has 0 saturated carbocycles. The standard InChI is InChI=1S/C13H17NO4/c1-3-14-13(16)9-18-11-6-5-10(8-15)7-12(11)17-4-2/h5-8H,3-4,9H2,1-2H3,(H,14,16). The van der Waals surface area contributed by atoms with Crippen molar-refractivity contribution in [3.63, 3.8) is 0 Å². The van der Waals surface area contributed by atoms with Gasteiger partial charge in [0.1, 0.15) is 6.29 Å². The molecular weight excluding hydrogens is 234 g/mol. The second kappa shape index (κ2) is 7.32. The van der Waals surface area contributed by atoms with Crippen LogP contribution in [0.1, 0.15) is 24.2 Å². The fourth-order valence-electron chi connectivity index (χ4n) is 1.38. The SMILES string of the molecule is CCNC(=O)COc1ccc(C=O)cc1OCC. The molecule has 0 saturated heterocycles. The number of carbonyl (C=O) groups is 2. The minimum Gasteiger partial charge on any atom is -0.490 e. The van der Waals surface area contributed by atoms with E-state index in [1.54, 1.807) is 18.2 Å². The van der Waals surface area contributed by atoms with Crippen LogP contribution in [-0.2, 0) is 4.79 Å². The highest BCUT2D eigenvalue weighted by atomic mass is 16.5. The van der Waals surface area contributed by atoms with E-state index in [4.69, 9.17) is 9.47 Å². The number of benzene rings is 1. The third kappa shape index (κ3) is 4.08. The average Bonchev–Trinajstić information content (AvgIpc) is 2.38. The Morgan fingerprint density at radius 3 is 2.67 bits per heavy atom. The van der Waals surface area contributed by atoms with Crippen molar-refractivity contribution in [3.05, 3.63) is 23.8 Å². The second-order valence-corrected chi connectivity index (χ2v) is 3.50. The molecule has 98 valence electrons. The van der Waals surface area contributed by atoms with Crippen molar-refractivity contribution in [3.8, 4) is 11.5 Å². The zero-order valence-corrected chi connectivity index (χ0v) is 10.6. The van der Waals surface area contributed by atoms with E-state index in [2.05, 4.69) is 5.32 Å². The van der Waals surface area contributed by atoms with E-state index in [-0.39, 0.29) is 12.5 Å². The Kier molecular flexibility index (Phi) is 5.70. The van der Waals surface area contributed by atoms with E-state index in [1.165, 1.54) is 0 Å². The third-order valence-electron chi connectivity index (χ3n) is 2.14. The van der Waals surface area contributed by atoms with E-state index >= 15 is 0 Å². The maximum atomic E-state index is 11.3. The van der Waals surface area contributed by atoms with Gasteiger partial charge in [-0.05, 0) is 32.0 Å². The van der Waals surface area contributed by atoms with Crippen LogP contribution in [0.4, 0.5) is 0 Å². The smallest absolute Gasteiger partial charge is 0.257 e. The van der Waals surface area contributed by atoms with Crippen molar-refractivity contribution in [2.24, 2.45) is 0 Å². The molecule has 0 radical (unpaired) electrons. The highest BCUT2D eigenvalue weighted by Crippen LogP contribution is 2.27. The van der Waals surface area contributed by atoms with Crippen LogP contribution in [0, 0.1) is 0 Å². The fourth-order valence-corrected chi connectivity index (χ4v) is 1.38. The summed E-state index contributed by atoms with van der Waals surface area (Å²) in [6.45, 7) is 4.61. The fraction of sp³-hybridized carbons (Fsp3) is 0.385. The van der Waals surface area contributed by atoms with Crippen molar-refractivity contribution in [1.29, 1.82) is 0 Å². The topological polar surface area (TPSA) is 64.6 Å². The van der Waals surface area contributed by atoms with Crippen LogP contribution in [0.3, 0.4) is 0 Å². The summed E-state index contributed by atoms with van der Waals surface area (Å²) in [5.74, 6) is 0.722. The summed E-state index contributed by atoms with van der Waals surface area (Å²) in [4.78, 5) is 21.9. The lowest BCUT2D eigenvalue weighted by Gasteiger charge is -2.11.